The van der Waals surface area contributed by atoms with Crippen molar-refractivity contribution in [2.75, 3.05) is 13.1 Å². The summed E-state index contributed by atoms with van der Waals surface area (Å²) < 4.78 is 12.9. The number of hydrogen-bond donors (Lipinski definition) is 0. The van der Waals surface area contributed by atoms with Crippen molar-refractivity contribution in [3.05, 3.63) is 35.6 Å². The van der Waals surface area contributed by atoms with E-state index in [1.807, 2.05) is 13.8 Å². The third-order valence-electron chi connectivity index (χ3n) is 3.54. The van der Waals surface area contributed by atoms with Crippen LogP contribution in [-0.4, -0.2) is 35.2 Å². The smallest absolute Gasteiger partial charge is 0.269 e. The Balaban J connectivity index is 2.13. The quantitative estimate of drug-likeness (QED) is 0.849. The van der Waals surface area contributed by atoms with E-state index in [0.717, 1.165) is 5.56 Å². The van der Waals surface area contributed by atoms with Crippen LogP contribution in [-0.2, 0) is 9.63 Å². The number of carbonyl (C=O) groups excluding carboxylic acids is 1. The third-order valence-corrected chi connectivity index (χ3v) is 3.54. The minimum absolute atomic E-state index is 0.0663. The molecule has 2 rings (SSSR count). The first kappa shape index (κ1) is 14.5. The molecule has 0 aliphatic carbocycles. The van der Waals surface area contributed by atoms with E-state index in [2.05, 4.69) is 5.16 Å². The number of nitrogens with zero attached hydrogens (tertiary/aromatic N) is 2. The van der Waals surface area contributed by atoms with Gasteiger partial charge in [0, 0.05) is 19.5 Å². The van der Waals surface area contributed by atoms with Gasteiger partial charge in [-0.25, -0.2) is 4.39 Å². The van der Waals surface area contributed by atoms with Gasteiger partial charge in [-0.2, -0.15) is 0 Å². The highest BCUT2D eigenvalue weighted by Gasteiger charge is 2.44. The van der Waals surface area contributed by atoms with Gasteiger partial charge in [-0.1, -0.05) is 17.3 Å². The lowest BCUT2D eigenvalue weighted by Gasteiger charge is -2.28. The Bertz CT molecular complexity index is 523. The topological polar surface area (TPSA) is 41.9 Å². The molecule has 1 amide bonds. The number of likely N-dealkylation sites (N-methyl/N-ethyl adjacent to an activating group) is 1. The molecule has 0 fully saturated rings. The van der Waals surface area contributed by atoms with E-state index in [9.17, 15) is 9.18 Å². The molecule has 1 aliphatic heterocycles. The summed E-state index contributed by atoms with van der Waals surface area (Å²) in [5, 5.41) is 4.01. The van der Waals surface area contributed by atoms with Gasteiger partial charge in [0.2, 0.25) is 5.60 Å². The van der Waals surface area contributed by atoms with Gasteiger partial charge in [-0.05, 0) is 38.5 Å². The van der Waals surface area contributed by atoms with Crippen molar-refractivity contribution >= 4 is 11.6 Å². The normalized spacial score (nSPS) is 21.3. The van der Waals surface area contributed by atoms with Crippen LogP contribution in [0.15, 0.2) is 29.4 Å². The van der Waals surface area contributed by atoms with Gasteiger partial charge >= 0.3 is 0 Å². The Morgan fingerprint density at radius 3 is 2.50 bits per heavy atom. The Kier molecular flexibility index (Phi) is 4.06. The number of hydrogen-bond acceptors (Lipinski definition) is 3. The third kappa shape index (κ3) is 2.66. The van der Waals surface area contributed by atoms with E-state index >= 15 is 0 Å². The molecule has 1 aliphatic rings. The fourth-order valence-electron chi connectivity index (χ4n) is 2.30. The largest absolute Gasteiger partial charge is 0.379 e. The van der Waals surface area contributed by atoms with Gasteiger partial charge in [0.15, 0.2) is 0 Å². The molecule has 0 saturated heterocycles. The van der Waals surface area contributed by atoms with Crippen molar-refractivity contribution in [1.29, 1.82) is 0 Å². The Morgan fingerprint density at radius 2 is 1.95 bits per heavy atom. The van der Waals surface area contributed by atoms with Crippen molar-refractivity contribution in [2.24, 2.45) is 5.16 Å². The monoisotopic (exact) mass is 278 g/mol. The molecule has 0 spiro atoms. The molecule has 0 N–H and O–H groups in total. The van der Waals surface area contributed by atoms with Gasteiger partial charge in [-0.3, -0.25) is 4.79 Å². The van der Waals surface area contributed by atoms with Crippen LogP contribution in [0.5, 0.6) is 0 Å². The van der Waals surface area contributed by atoms with Gasteiger partial charge in [0.1, 0.15) is 5.82 Å². The van der Waals surface area contributed by atoms with Crippen molar-refractivity contribution in [3.8, 4) is 0 Å². The molecule has 1 aromatic rings. The van der Waals surface area contributed by atoms with E-state index in [0.29, 0.717) is 25.2 Å². The van der Waals surface area contributed by atoms with E-state index in [1.54, 1.807) is 24.0 Å². The second-order valence-electron chi connectivity index (χ2n) is 5.02. The number of benzene rings is 1. The van der Waals surface area contributed by atoms with Crippen LogP contribution in [0.1, 0.15) is 32.8 Å². The minimum atomic E-state index is -0.963. The molecular formula is C15H19FN2O2. The first-order chi connectivity index (χ1) is 9.50. The van der Waals surface area contributed by atoms with Crippen molar-refractivity contribution in [2.45, 2.75) is 32.8 Å². The summed E-state index contributed by atoms with van der Waals surface area (Å²) >= 11 is 0. The molecule has 0 aromatic heterocycles. The highest BCUT2D eigenvalue weighted by Crippen LogP contribution is 2.28. The average Bonchev–Trinajstić information content (AvgIpc) is 2.85. The summed E-state index contributed by atoms with van der Waals surface area (Å²) in [4.78, 5) is 19.5. The lowest BCUT2D eigenvalue weighted by Crippen LogP contribution is -2.47. The highest BCUT2D eigenvalue weighted by atomic mass is 19.1. The maximum Gasteiger partial charge on any atom is 0.269 e. The number of rotatable bonds is 4. The van der Waals surface area contributed by atoms with Crippen LogP contribution in [0.4, 0.5) is 4.39 Å². The zero-order valence-electron chi connectivity index (χ0n) is 12.0. The van der Waals surface area contributed by atoms with Crippen LogP contribution in [0, 0.1) is 5.82 Å². The second kappa shape index (κ2) is 5.61. The van der Waals surface area contributed by atoms with E-state index < -0.39 is 5.60 Å². The zero-order chi connectivity index (χ0) is 14.8. The lowest BCUT2D eigenvalue weighted by atomic mass is 9.94. The van der Waals surface area contributed by atoms with Gasteiger partial charge < -0.3 is 9.74 Å². The van der Waals surface area contributed by atoms with Crippen LogP contribution >= 0.6 is 0 Å². The first-order valence-corrected chi connectivity index (χ1v) is 6.80. The van der Waals surface area contributed by atoms with Gasteiger partial charge in [-0.15, -0.1) is 0 Å². The van der Waals surface area contributed by atoms with E-state index in [1.165, 1.54) is 12.1 Å². The SMILES string of the molecule is CCN(CC)C(=O)[C@]1(C)CC(c2ccc(F)cc2)=NO1. The van der Waals surface area contributed by atoms with Crippen molar-refractivity contribution in [1.82, 2.24) is 4.90 Å². The number of carbonyl (C=O) groups is 1. The molecule has 1 aromatic carbocycles. The minimum Gasteiger partial charge on any atom is -0.379 e. The van der Waals surface area contributed by atoms with Crippen LogP contribution in [0.2, 0.25) is 0 Å². The molecule has 1 heterocycles. The maximum absolute atomic E-state index is 12.9. The molecule has 0 saturated carbocycles. The summed E-state index contributed by atoms with van der Waals surface area (Å²) in [7, 11) is 0. The molecular weight excluding hydrogens is 259 g/mol. The summed E-state index contributed by atoms with van der Waals surface area (Å²) in [6, 6.07) is 6.04. The van der Waals surface area contributed by atoms with Crippen LogP contribution in [0.3, 0.4) is 0 Å². The Morgan fingerprint density at radius 1 is 1.35 bits per heavy atom. The van der Waals surface area contributed by atoms with Crippen LogP contribution < -0.4 is 0 Å². The Labute approximate surface area is 118 Å². The molecule has 4 nitrogen and oxygen atoms in total. The molecule has 0 unspecified atom stereocenters. The molecule has 1 atom stereocenters. The van der Waals surface area contributed by atoms with E-state index in [4.69, 9.17) is 4.84 Å². The first-order valence-electron chi connectivity index (χ1n) is 6.80. The molecule has 20 heavy (non-hydrogen) atoms. The molecule has 0 radical (unpaired) electrons. The summed E-state index contributed by atoms with van der Waals surface area (Å²) in [5.74, 6) is -0.362. The predicted octanol–water partition coefficient (Wildman–Crippen LogP) is 2.58. The predicted molar refractivity (Wildman–Crippen MR) is 75.0 cm³/mol. The average molecular weight is 278 g/mol. The summed E-state index contributed by atoms with van der Waals surface area (Å²) in [5.41, 5.74) is 0.492. The van der Waals surface area contributed by atoms with Crippen molar-refractivity contribution in [3.63, 3.8) is 0 Å². The Hall–Kier alpha value is -1.91. The number of oxime groups is 1. The van der Waals surface area contributed by atoms with Gasteiger partial charge in [0.25, 0.3) is 5.91 Å². The maximum atomic E-state index is 12.9. The summed E-state index contributed by atoms with van der Waals surface area (Å²) in [6.45, 7) is 6.89. The molecule has 5 heteroatoms. The number of amides is 1. The highest BCUT2D eigenvalue weighted by molar-refractivity contribution is 6.05. The molecule has 108 valence electrons. The van der Waals surface area contributed by atoms with Gasteiger partial charge in [0.05, 0.1) is 5.71 Å². The number of halogens is 1. The fraction of sp³-hybridized carbons (Fsp3) is 0.467. The lowest BCUT2D eigenvalue weighted by molar-refractivity contribution is -0.152. The van der Waals surface area contributed by atoms with Crippen molar-refractivity contribution < 1.29 is 14.0 Å². The standard InChI is InChI=1S/C15H19FN2O2/c1-4-18(5-2)14(19)15(3)10-13(17-20-15)11-6-8-12(16)9-7-11/h6-9H,4-5,10H2,1-3H3/t15-/m0/s1. The van der Waals surface area contributed by atoms with E-state index in [-0.39, 0.29) is 11.7 Å². The summed E-state index contributed by atoms with van der Waals surface area (Å²) in [6.07, 6.45) is 0.397. The molecule has 0 bridgehead atoms. The second-order valence-corrected chi connectivity index (χ2v) is 5.02. The fourth-order valence-corrected chi connectivity index (χ4v) is 2.30. The van der Waals surface area contributed by atoms with Crippen LogP contribution in [0.25, 0.3) is 0 Å². The zero-order valence-corrected chi connectivity index (χ0v) is 12.0.